The molecule has 0 unspecified atom stereocenters. The van der Waals surface area contributed by atoms with Crippen molar-refractivity contribution in [3.63, 3.8) is 0 Å². The fourth-order valence-corrected chi connectivity index (χ4v) is 1.24. The highest BCUT2D eigenvalue weighted by molar-refractivity contribution is 6.32. The van der Waals surface area contributed by atoms with Crippen LogP contribution >= 0.6 is 11.6 Å². The van der Waals surface area contributed by atoms with Gasteiger partial charge in [0.25, 0.3) is 0 Å². The van der Waals surface area contributed by atoms with Crippen LogP contribution in [0.3, 0.4) is 0 Å². The Balaban J connectivity index is 2.57. The summed E-state index contributed by atoms with van der Waals surface area (Å²) < 4.78 is 12.8. The van der Waals surface area contributed by atoms with E-state index in [9.17, 15) is 4.39 Å². The SMILES string of the molecule is Fc1cnc(Cl)c(-c2cn[nH]c2)c1. The minimum Gasteiger partial charge on any atom is -0.285 e. The van der Waals surface area contributed by atoms with Gasteiger partial charge in [-0.3, -0.25) is 5.10 Å². The second-order valence-corrected chi connectivity index (χ2v) is 2.84. The van der Waals surface area contributed by atoms with Crippen LogP contribution in [0, 0.1) is 5.82 Å². The number of halogens is 2. The second kappa shape index (κ2) is 3.14. The molecule has 0 radical (unpaired) electrons. The monoisotopic (exact) mass is 197 g/mol. The first-order valence-corrected chi connectivity index (χ1v) is 3.95. The van der Waals surface area contributed by atoms with Gasteiger partial charge in [0.2, 0.25) is 0 Å². The van der Waals surface area contributed by atoms with Gasteiger partial charge in [0.1, 0.15) is 11.0 Å². The van der Waals surface area contributed by atoms with Crippen molar-refractivity contribution in [2.24, 2.45) is 0 Å². The molecule has 3 nitrogen and oxygen atoms in total. The first kappa shape index (κ1) is 8.19. The maximum Gasteiger partial charge on any atom is 0.142 e. The lowest BCUT2D eigenvalue weighted by Crippen LogP contribution is -1.84. The standard InChI is InChI=1S/C8H5ClFN3/c9-8-7(1-6(10)4-11-8)5-2-12-13-3-5/h1-4H,(H,12,13). The lowest BCUT2D eigenvalue weighted by atomic mass is 10.2. The van der Waals surface area contributed by atoms with Gasteiger partial charge in [-0.1, -0.05) is 11.6 Å². The zero-order chi connectivity index (χ0) is 9.26. The molecule has 0 aliphatic carbocycles. The Morgan fingerprint density at radius 3 is 2.92 bits per heavy atom. The van der Waals surface area contributed by atoms with E-state index in [0.717, 1.165) is 11.8 Å². The lowest BCUT2D eigenvalue weighted by molar-refractivity contribution is 0.622. The van der Waals surface area contributed by atoms with Crippen LogP contribution in [-0.2, 0) is 0 Å². The molecule has 0 amide bonds. The van der Waals surface area contributed by atoms with Gasteiger partial charge in [0.05, 0.1) is 12.4 Å². The Morgan fingerprint density at radius 2 is 2.23 bits per heavy atom. The van der Waals surface area contributed by atoms with Crippen molar-refractivity contribution in [1.82, 2.24) is 15.2 Å². The smallest absolute Gasteiger partial charge is 0.142 e. The minimum absolute atomic E-state index is 0.266. The lowest BCUT2D eigenvalue weighted by Gasteiger charge is -1.98. The molecule has 2 rings (SSSR count). The van der Waals surface area contributed by atoms with Crippen LogP contribution < -0.4 is 0 Å². The number of hydrogen-bond donors (Lipinski definition) is 1. The van der Waals surface area contributed by atoms with Crippen molar-refractivity contribution in [2.45, 2.75) is 0 Å². The zero-order valence-corrected chi connectivity index (χ0v) is 7.22. The average Bonchev–Trinajstić information content (AvgIpc) is 2.61. The van der Waals surface area contributed by atoms with E-state index >= 15 is 0 Å². The predicted molar refractivity (Wildman–Crippen MR) is 46.8 cm³/mol. The van der Waals surface area contributed by atoms with Gasteiger partial charge in [-0.25, -0.2) is 9.37 Å². The number of nitrogens with zero attached hydrogens (tertiary/aromatic N) is 2. The van der Waals surface area contributed by atoms with Gasteiger partial charge in [-0.15, -0.1) is 0 Å². The summed E-state index contributed by atoms with van der Waals surface area (Å²) in [5.41, 5.74) is 1.26. The topological polar surface area (TPSA) is 41.6 Å². The molecule has 0 fully saturated rings. The third-order valence-electron chi connectivity index (χ3n) is 1.61. The highest BCUT2D eigenvalue weighted by Gasteiger charge is 2.06. The summed E-state index contributed by atoms with van der Waals surface area (Å²) in [6.45, 7) is 0. The molecule has 13 heavy (non-hydrogen) atoms. The maximum atomic E-state index is 12.8. The maximum absolute atomic E-state index is 12.8. The summed E-state index contributed by atoms with van der Waals surface area (Å²) in [4.78, 5) is 3.68. The van der Waals surface area contributed by atoms with E-state index in [1.165, 1.54) is 6.07 Å². The molecule has 0 aliphatic rings. The molecular formula is C8H5ClFN3. The van der Waals surface area contributed by atoms with E-state index in [-0.39, 0.29) is 5.15 Å². The highest BCUT2D eigenvalue weighted by atomic mass is 35.5. The van der Waals surface area contributed by atoms with Gasteiger partial charge in [0, 0.05) is 17.3 Å². The quantitative estimate of drug-likeness (QED) is 0.713. The van der Waals surface area contributed by atoms with Crippen LogP contribution in [0.25, 0.3) is 11.1 Å². The molecule has 0 aliphatic heterocycles. The molecule has 1 N–H and O–H groups in total. The van der Waals surface area contributed by atoms with E-state index in [2.05, 4.69) is 15.2 Å². The number of hydrogen-bond acceptors (Lipinski definition) is 2. The fraction of sp³-hybridized carbons (Fsp3) is 0. The van der Waals surface area contributed by atoms with Crippen molar-refractivity contribution in [3.05, 3.63) is 35.6 Å². The van der Waals surface area contributed by atoms with Crippen molar-refractivity contribution < 1.29 is 4.39 Å². The van der Waals surface area contributed by atoms with Gasteiger partial charge < -0.3 is 0 Å². The molecule has 0 spiro atoms. The highest BCUT2D eigenvalue weighted by Crippen LogP contribution is 2.25. The Kier molecular flexibility index (Phi) is 1.98. The summed E-state index contributed by atoms with van der Waals surface area (Å²) in [6, 6.07) is 1.32. The van der Waals surface area contributed by atoms with Gasteiger partial charge >= 0.3 is 0 Å². The molecule has 2 aromatic heterocycles. The van der Waals surface area contributed by atoms with Crippen LogP contribution in [0.1, 0.15) is 0 Å². The van der Waals surface area contributed by atoms with E-state index in [1.54, 1.807) is 12.4 Å². The molecule has 0 saturated carbocycles. The third-order valence-corrected chi connectivity index (χ3v) is 1.92. The van der Waals surface area contributed by atoms with Crippen molar-refractivity contribution in [3.8, 4) is 11.1 Å². The molecular weight excluding hydrogens is 193 g/mol. The number of nitrogens with one attached hydrogen (secondary N) is 1. The third kappa shape index (κ3) is 1.53. The van der Waals surface area contributed by atoms with Crippen LogP contribution in [0.5, 0.6) is 0 Å². The Labute approximate surface area is 78.6 Å². The Bertz CT molecular complexity index is 413. The number of H-pyrrole nitrogens is 1. The normalized spacial score (nSPS) is 10.3. The minimum atomic E-state index is -0.416. The van der Waals surface area contributed by atoms with Crippen molar-refractivity contribution in [1.29, 1.82) is 0 Å². The Hall–Kier alpha value is -1.42. The molecule has 66 valence electrons. The summed E-state index contributed by atoms with van der Waals surface area (Å²) in [5, 5.41) is 6.62. The number of rotatable bonds is 1. The fourth-order valence-electron chi connectivity index (χ4n) is 1.02. The summed E-state index contributed by atoms with van der Waals surface area (Å²) in [7, 11) is 0. The summed E-state index contributed by atoms with van der Waals surface area (Å²) in [5.74, 6) is -0.416. The Morgan fingerprint density at radius 1 is 1.38 bits per heavy atom. The van der Waals surface area contributed by atoms with Gasteiger partial charge in [-0.05, 0) is 6.07 Å². The second-order valence-electron chi connectivity index (χ2n) is 2.48. The molecule has 5 heteroatoms. The van der Waals surface area contributed by atoms with Crippen LogP contribution in [0.2, 0.25) is 5.15 Å². The molecule has 0 aromatic carbocycles. The number of pyridine rings is 1. The molecule has 0 saturated heterocycles. The zero-order valence-electron chi connectivity index (χ0n) is 6.46. The van der Waals surface area contributed by atoms with Crippen LogP contribution in [-0.4, -0.2) is 15.2 Å². The predicted octanol–water partition coefficient (Wildman–Crippen LogP) is 2.26. The molecule has 0 bridgehead atoms. The number of aromatic nitrogens is 3. The van der Waals surface area contributed by atoms with E-state index in [4.69, 9.17) is 11.6 Å². The van der Waals surface area contributed by atoms with E-state index < -0.39 is 5.82 Å². The van der Waals surface area contributed by atoms with E-state index in [0.29, 0.717) is 5.56 Å². The largest absolute Gasteiger partial charge is 0.285 e. The average molecular weight is 198 g/mol. The first-order chi connectivity index (χ1) is 6.27. The van der Waals surface area contributed by atoms with Crippen molar-refractivity contribution in [2.75, 3.05) is 0 Å². The molecule has 0 atom stereocenters. The number of aromatic amines is 1. The van der Waals surface area contributed by atoms with Crippen molar-refractivity contribution >= 4 is 11.6 Å². The molecule has 2 aromatic rings. The molecule has 2 heterocycles. The van der Waals surface area contributed by atoms with Crippen LogP contribution in [0.15, 0.2) is 24.7 Å². The van der Waals surface area contributed by atoms with Gasteiger partial charge in [-0.2, -0.15) is 5.10 Å². The van der Waals surface area contributed by atoms with E-state index in [1.807, 2.05) is 0 Å². The first-order valence-electron chi connectivity index (χ1n) is 3.57. The van der Waals surface area contributed by atoms with Gasteiger partial charge in [0.15, 0.2) is 0 Å². The summed E-state index contributed by atoms with van der Waals surface area (Å²) in [6.07, 6.45) is 4.26. The van der Waals surface area contributed by atoms with Crippen LogP contribution in [0.4, 0.5) is 4.39 Å². The summed E-state index contributed by atoms with van der Waals surface area (Å²) >= 11 is 5.77.